The third-order valence-corrected chi connectivity index (χ3v) is 7.17. The van der Waals surface area contributed by atoms with Crippen LogP contribution in [0, 0.1) is 11.8 Å². The van der Waals surface area contributed by atoms with Crippen LogP contribution in [0.1, 0.15) is 23.7 Å². The number of carbonyl (C=O) groups is 2. The van der Waals surface area contributed by atoms with Crippen molar-refractivity contribution in [1.29, 1.82) is 0 Å². The number of hydrogen-bond donors (Lipinski definition) is 5. The van der Waals surface area contributed by atoms with E-state index in [-0.39, 0.29) is 17.6 Å². The van der Waals surface area contributed by atoms with Crippen molar-refractivity contribution in [1.82, 2.24) is 0 Å². The maximum Gasteiger partial charge on any atom is 0.338 e. The monoisotopic (exact) mass is 510 g/mol. The topological polar surface area (TPSA) is 181 Å². The summed E-state index contributed by atoms with van der Waals surface area (Å²) in [6, 6.07) is 6.28. The molecule has 0 radical (unpaired) electrons. The molecular formula is C24H30O12. The predicted octanol–water partition coefficient (Wildman–Crippen LogP) is -1.14. The molecule has 4 rings (SSSR count). The Kier molecular flexibility index (Phi) is 7.67. The van der Waals surface area contributed by atoms with E-state index in [0.29, 0.717) is 12.0 Å². The lowest BCUT2D eigenvalue weighted by Gasteiger charge is -2.44. The van der Waals surface area contributed by atoms with Gasteiger partial charge in [-0.15, -0.1) is 0 Å². The summed E-state index contributed by atoms with van der Waals surface area (Å²) in [6.45, 7) is 1.04. The van der Waals surface area contributed by atoms with Gasteiger partial charge in [-0.3, -0.25) is 4.79 Å². The third-order valence-electron chi connectivity index (χ3n) is 7.17. The number of fused-ring (bicyclic) bond motifs is 1. The minimum atomic E-state index is -1.79. The highest BCUT2D eigenvalue weighted by Crippen LogP contribution is 2.51. The fourth-order valence-corrected chi connectivity index (χ4v) is 5.05. The molecule has 198 valence electrons. The van der Waals surface area contributed by atoms with Crippen LogP contribution in [0.5, 0.6) is 5.75 Å². The van der Waals surface area contributed by atoms with Gasteiger partial charge in [-0.05, 0) is 24.3 Å². The van der Waals surface area contributed by atoms with E-state index in [1.807, 2.05) is 0 Å². The molecule has 1 aromatic rings. The average molecular weight is 510 g/mol. The van der Waals surface area contributed by atoms with E-state index in [9.17, 15) is 35.1 Å². The van der Waals surface area contributed by atoms with Gasteiger partial charge in [0.25, 0.3) is 0 Å². The number of ether oxygens (including phenoxy) is 5. The zero-order valence-corrected chi connectivity index (χ0v) is 19.7. The van der Waals surface area contributed by atoms with Gasteiger partial charge in [-0.1, -0.05) is 6.92 Å². The molecule has 1 aliphatic carbocycles. The zero-order chi connectivity index (χ0) is 26.2. The fraction of sp³-hybridized carbons (Fsp3) is 0.583. The number of aliphatic hydroxyl groups excluding tert-OH is 4. The van der Waals surface area contributed by atoms with Crippen LogP contribution in [0.2, 0.25) is 0 Å². The normalized spacial score (nSPS) is 40.0. The second kappa shape index (κ2) is 10.4. The molecule has 0 unspecified atom stereocenters. The maximum absolute atomic E-state index is 12.8. The van der Waals surface area contributed by atoms with Crippen LogP contribution in [-0.2, 0) is 23.7 Å². The Labute approximate surface area is 206 Å². The van der Waals surface area contributed by atoms with Crippen molar-refractivity contribution in [3.05, 3.63) is 41.7 Å². The summed E-state index contributed by atoms with van der Waals surface area (Å²) in [5, 5.41) is 51.4. The molecule has 1 saturated heterocycles. The molecule has 0 amide bonds. The van der Waals surface area contributed by atoms with Crippen molar-refractivity contribution in [2.75, 3.05) is 13.7 Å². The van der Waals surface area contributed by atoms with Gasteiger partial charge in [0, 0.05) is 12.3 Å². The van der Waals surface area contributed by atoms with Gasteiger partial charge in [0.1, 0.15) is 41.9 Å². The molecule has 12 heteroatoms. The Bertz CT molecular complexity index is 978. The molecule has 10 atom stereocenters. The number of rotatable bonds is 7. The summed E-state index contributed by atoms with van der Waals surface area (Å²) in [7, 11) is 1.50. The third kappa shape index (κ3) is 4.61. The van der Waals surface area contributed by atoms with Gasteiger partial charge >= 0.3 is 5.97 Å². The van der Waals surface area contributed by atoms with Gasteiger partial charge < -0.3 is 49.2 Å². The maximum atomic E-state index is 12.8. The molecule has 2 aliphatic heterocycles. The molecule has 2 fully saturated rings. The number of aldehydes is 1. The van der Waals surface area contributed by atoms with Crippen molar-refractivity contribution in [3.63, 3.8) is 0 Å². The summed E-state index contributed by atoms with van der Waals surface area (Å²) in [5.74, 6) is -1.60. The van der Waals surface area contributed by atoms with Crippen molar-refractivity contribution >= 4 is 12.3 Å². The highest BCUT2D eigenvalue weighted by atomic mass is 16.8. The number of esters is 1. The highest BCUT2D eigenvalue weighted by molar-refractivity contribution is 5.89. The first-order chi connectivity index (χ1) is 17.1. The number of methoxy groups -OCH3 is 1. The van der Waals surface area contributed by atoms with E-state index in [4.69, 9.17) is 23.7 Å². The Hall–Kier alpha value is -2.58. The van der Waals surface area contributed by atoms with Crippen LogP contribution >= 0.6 is 0 Å². The molecule has 0 spiro atoms. The molecule has 1 saturated carbocycles. The highest BCUT2D eigenvalue weighted by Gasteiger charge is 2.61. The second-order valence-electron chi connectivity index (χ2n) is 9.21. The Morgan fingerprint density at radius 1 is 1.14 bits per heavy atom. The van der Waals surface area contributed by atoms with E-state index in [0.717, 1.165) is 6.26 Å². The van der Waals surface area contributed by atoms with E-state index < -0.39 is 73.1 Å². The smallest absolute Gasteiger partial charge is 0.338 e. The average Bonchev–Trinajstić information content (AvgIpc) is 3.14. The standard InChI is InChI=1S/C24H30O12/c1-11-15(34-21(30)12-3-5-14(32-2)6-4-12)7-24(31)13(8-25)10-33-22(17(11)24)36-23-20(29)19(28)18(27)16(9-26)35-23/h3-6,8,10-11,15-20,22-23,26-29,31H,7,9H2,1-2H3/t11-,15-,16+,17-,18+,19-,20+,22-,23-,24-/m0/s1. The minimum Gasteiger partial charge on any atom is -0.497 e. The van der Waals surface area contributed by atoms with E-state index in [2.05, 4.69) is 0 Å². The van der Waals surface area contributed by atoms with Crippen LogP contribution in [0.3, 0.4) is 0 Å². The molecule has 12 nitrogen and oxygen atoms in total. The predicted molar refractivity (Wildman–Crippen MR) is 118 cm³/mol. The SMILES string of the molecule is COc1ccc(C(=O)O[C@H]2C[C@]3(O)C(C=O)=CO[C@@H](O[C@@H]4O[C@H](CO)[C@@H](O)[C@H](O)[C@H]4O)[C@@H]3[C@H]2C)cc1. The van der Waals surface area contributed by atoms with Crippen LogP contribution < -0.4 is 4.74 Å². The first kappa shape index (κ1) is 26.5. The van der Waals surface area contributed by atoms with Crippen LogP contribution in [0.15, 0.2) is 36.1 Å². The molecule has 36 heavy (non-hydrogen) atoms. The van der Waals surface area contributed by atoms with Gasteiger partial charge in [-0.2, -0.15) is 0 Å². The Morgan fingerprint density at radius 2 is 1.83 bits per heavy atom. The summed E-state index contributed by atoms with van der Waals surface area (Å²) in [5.41, 5.74) is -1.60. The van der Waals surface area contributed by atoms with Crippen LogP contribution in [-0.4, -0.2) is 100 Å². The summed E-state index contributed by atoms with van der Waals surface area (Å²) >= 11 is 0. The van der Waals surface area contributed by atoms with Crippen LogP contribution in [0.4, 0.5) is 0 Å². The number of benzene rings is 1. The molecule has 5 N–H and O–H groups in total. The van der Waals surface area contributed by atoms with E-state index in [1.54, 1.807) is 19.1 Å². The minimum absolute atomic E-state index is 0.0731. The van der Waals surface area contributed by atoms with Gasteiger partial charge in [0.05, 0.1) is 37.0 Å². The van der Waals surface area contributed by atoms with Gasteiger partial charge in [0.2, 0.25) is 6.29 Å². The van der Waals surface area contributed by atoms with Crippen molar-refractivity contribution < 1.29 is 58.8 Å². The Balaban J connectivity index is 1.54. The fourth-order valence-electron chi connectivity index (χ4n) is 5.05. The molecule has 0 bridgehead atoms. The first-order valence-electron chi connectivity index (χ1n) is 11.5. The zero-order valence-electron chi connectivity index (χ0n) is 19.7. The first-order valence-corrected chi connectivity index (χ1v) is 11.5. The van der Waals surface area contributed by atoms with Crippen LogP contribution in [0.25, 0.3) is 0 Å². The largest absolute Gasteiger partial charge is 0.497 e. The molecular weight excluding hydrogens is 480 g/mol. The van der Waals surface area contributed by atoms with Crippen molar-refractivity contribution in [2.45, 2.75) is 62.0 Å². The van der Waals surface area contributed by atoms with Gasteiger partial charge in [0.15, 0.2) is 12.6 Å². The summed E-state index contributed by atoms with van der Waals surface area (Å²) in [6.07, 6.45) is -8.48. The van der Waals surface area contributed by atoms with Gasteiger partial charge in [-0.25, -0.2) is 4.79 Å². The van der Waals surface area contributed by atoms with E-state index >= 15 is 0 Å². The molecule has 0 aromatic heterocycles. The summed E-state index contributed by atoms with van der Waals surface area (Å²) < 4.78 is 27.5. The lowest BCUT2D eigenvalue weighted by atomic mass is 9.79. The second-order valence-corrected chi connectivity index (χ2v) is 9.21. The summed E-state index contributed by atoms with van der Waals surface area (Å²) in [4.78, 5) is 24.5. The quantitative estimate of drug-likeness (QED) is 0.220. The molecule has 1 aromatic carbocycles. The van der Waals surface area contributed by atoms with Crippen molar-refractivity contribution in [2.24, 2.45) is 11.8 Å². The lowest BCUT2D eigenvalue weighted by Crippen LogP contribution is -2.61. The Morgan fingerprint density at radius 3 is 2.44 bits per heavy atom. The molecule has 2 heterocycles. The molecule has 3 aliphatic rings. The number of hydrogen-bond acceptors (Lipinski definition) is 12. The number of aliphatic hydroxyl groups is 5. The van der Waals surface area contributed by atoms with Crippen molar-refractivity contribution in [3.8, 4) is 5.75 Å². The number of carbonyl (C=O) groups excluding carboxylic acids is 2. The lowest BCUT2D eigenvalue weighted by molar-refractivity contribution is -0.346. The van der Waals surface area contributed by atoms with E-state index in [1.165, 1.54) is 19.2 Å².